The van der Waals surface area contributed by atoms with Crippen LogP contribution in [0.25, 0.3) is 0 Å². The van der Waals surface area contributed by atoms with E-state index in [1.807, 2.05) is 0 Å². The fourth-order valence-corrected chi connectivity index (χ4v) is 0.576. The normalized spacial score (nSPS) is 23.3. The minimum absolute atomic E-state index is 0.0501. The first-order valence-electron chi connectivity index (χ1n) is 2.65. The zero-order valence-corrected chi connectivity index (χ0v) is 5.33. The second-order valence-corrected chi connectivity index (χ2v) is 1.69. The number of carbonyl (C=O) groups is 2. The molecule has 56 valence electrons. The van der Waals surface area contributed by atoms with Crippen molar-refractivity contribution in [1.82, 2.24) is 0 Å². The van der Waals surface area contributed by atoms with Crippen LogP contribution in [0.4, 0.5) is 4.79 Å². The maximum atomic E-state index is 10.6. The highest BCUT2D eigenvalue weighted by atomic mass is 16.8. The van der Waals surface area contributed by atoms with Gasteiger partial charge in [0.25, 0.3) is 0 Å². The summed E-state index contributed by atoms with van der Waals surface area (Å²) in [5.41, 5.74) is 0. The Kier molecular flexibility index (Phi) is 1.75. The van der Waals surface area contributed by atoms with Gasteiger partial charge in [-0.1, -0.05) is 0 Å². The van der Waals surface area contributed by atoms with Crippen LogP contribution in [0, 0.1) is 0 Å². The van der Waals surface area contributed by atoms with E-state index in [2.05, 4.69) is 14.2 Å². The van der Waals surface area contributed by atoms with Gasteiger partial charge < -0.3 is 14.2 Å². The zero-order valence-electron chi connectivity index (χ0n) is 5.33. The van der Waals surface area contributed by atoms with Gasteiger partial charge in [0.1, 0.15) is 6.61 Å². The van der Waals surface area contributed by atoms with Gasteiger partial charge in [0.15, 0.2) is 0 Å². The molecule has 1 aliphatic rings. The van der Waals surface area contributed by atoms with Crippen molar-refractivity contribution in [2.45, 2.75) is 6.10 Å². The van der Waals surface area contributed by atoms with Gasteiger partial charge in [-0.05, 0) is 0 Å². The summed E-state index contributed by atoms with van der Waals surface area (Å²) in [7, 11) is 1.22. The Morgan fingerprint density at radius 3 is 2.90 bits per heavy atom. The number of ether oxygens (including phenoxy) is 3. The van der Waals surface area contributed by atoms with Gasteiger partial charge in [-0.2, -0.15) is 0 Å². The van der Waals surface area contributed by atoms with Crippen LogP contribution in [0.2, 0.25) is 0 Å². The lowest BCUT2D eigenvalue weighted by Crippen LogP contribution is -2.23. The summed E-state index contributed by atoms with van der Waals surface area (Å²) in [5, 5.41) is 0. The van der Waals surface area contributed by atoms with Crippen LogP contribution in [-0.4, -0.2) is 31.9 Å². The van der Waals surface area contributed by atoms with E-state index in [0.717, 1.165) is 0 Å². The molecule has 0 aromatic heterocycles. The first-order chi connectivity index (χ1) is 4.74. The number of carbonyl (C=O) groups excluding carboxylic acids is 2. The third-order valence-corrected chi connectivity index (χ3v) is 1.06. The standard InChI is InChI=1S/C5H6O5/c1-8-4(6)3-2-9-5(7)10-3/h3H,2H2,1H3. The molecule has 5 nitrogen and oxygen atoms in total. The smallest absolute Gasteiger partial charge is 0.466 e. The molecule has 0 aliphatic carbocycles. The maximum absolute atomic E-state index is 10.6. The molecule has 1 unspecified atom stereocenters. The predicted octanol–water partition coefficient (Wildman–Crippen LogP) is -0.305. The Bertz CT molecular complexity index is 163. The predicted molar refractivity (Wildman–Crippen MR) is 28.2 cm³/mol. The number of hydrogen-bond donors (Lipinski definition) is 0. The van der Waals surface area contributed by atoms with Crippen molar-refractivity contribution in [2.75, 3.05) is 13.7 Å². The first kappa shape index (κ1) is 6.85. The number of esters is 1. The average molecular weight is 146 g/mol. The third kappa shape index (κ3) is 1.18. The van der Waals surface area contributed by atoms with E-state index in [4.69, 9.17) is 0 Å². The minimum Gasteiger partial charge on any atom is -0.466 e. The second-order valence-electron chi connectivity index (χ2n) is 1.69. The topological polar surface area (TPSA) is 61.8 Å². The highest BCUT2D eigenvalue weighted by Gasteiger charge is 2.32. The van der Waals surface area contributed by atoms with Crippen molar-refractivity contribution in [3.05, 3.63) is 0 Å². The molecule has 1 saturated heterocycles. The minimum atomic E-state index is -0.877. The molecular weight excluding hydrogens is 140 g/mol. The van der Waals surface area contributed by atoms with Crippen LogP contribution in [0.5, 0.6) is 0 Å². The molecule has 0 amide bonds. The number of methoxy groups -OCH3 is 1. The van der Waals surface area contributed by atoms with Gasteiger partial charge in [-0.3, -0.25) is 0 Å². The fourth-order valence-electron chi connectivity index (χ4n) is 0.576. The van der Waals surface area contributed by atoms with Crippen LogP contribution in [0.1, 0.15) is 0 Å². The quantitative estimate of drug-likeness (QED) is 0.475. The van der Waals surface area contributed by atoms with Crippen molar-refractivity contribution in [2.24, 2.45) is 0 Å². The Morgan fingerprint density at radius 2 is 2.50 bits per heavy atom. The molecule has 1 atom stereocenters. The van der Waals surface area contributed by atoms with Crippen molar-refractivity contribution in [1.29, 1.82) is 0 Å². The van der Waals surface area contributed by atoms with Crippen LogP contribution >= 0.6 is 0 Å². The molecule has 0 bridgehead atoms. The van der Waals surface area contributed by atoms with E-state index in [0.29, 0.717) is 0 Å². The highest BCUT2D eigenvalue weighted by molar-refractivity contribution is 5.79. The van der Waals surface area contributed by atoms with E-state index in [-0.39, 0.29) is 6.61 Å². The lowest BCUT2D eigenvalue weighted by molar-refractivity contribution is -0.148. The molecule has 1 heterocycles. The van der Waals surface area contributed by atoms with Crippen molar-refractivity contribution in [3.8, 4) is 0 Å². The van der Waals surface area contributed by atoms with Crippen LogP contribution in [-0.2, 0) is 19.0 Å². The molecule has 10 heavy (non-hydrogen) atoms. The van der Waals surface area contributed by atoms with Gasteiger partial charge in [0, 0.05) is 0 Å². The van der Waals surface area contributed by atoms with Gasteiger partial charge in [-0.15, -0.1) is 0 Å². The summed E-state index contributed by atoms with van der Waals surface area (Å²) in [6.07, 6.45) is -1.70. The molecule has 1 fully saturated rings. The number of rotatable bonds is 1. The highest BCUT2D eigenvalue weighted by Crippen LogP contribution is 2.06. The van der Waals surface area contributed by atoms with Gasteiger partial charge in [0.05, 0.1) is 7.11 Å². The molecule has 0 aromatic carbocycles. The monoisotopic (exact) mass is 146 g/mol. The van der Waals surface area contributed by atoms with Crippen LogP contribution in [0.3, 0.4) is 0 Å². The van der Waals surface area contributed by atoms with Crippen molar-refractivity contribution >= 4 is 12.1 Å². The zero-order chi connectivity index (χ0) is 7.56. The molecule has 0 radical (unpaired) electrons. The second kappa shape index (κ2) is 2.55. The van der Waals surface area contributed by atoms with E-state index in [1.54, 1.807) is 0 Å². The summed E-state index contributed by atoms with van der Waals surface area (Å²) in [5.74, 6) is -0.592. The number of cyclic esters (lactones) is 2. The summed E-state index contributed by atoms with van der Waals surface area (Å²) in [6, 6.07) is 0. The SMILES string of the molecule is COC(=O)C1COC(=O)O1. The lowest BCUT2D eigenvalue weighted by Gasteiger charge is -2.00. The lowest BCUT2D eigenvalue weighted by atomic mass is 10.4. The third-order valence-electron chi connectivity index (χ3n) is 1.06. The van der Waals surface area contributed by atoms with Crippen molar-refractivity contribution < 1.29 is 23.8 Å². The molecule has 0 saturated carbocycles. The Morgan fingerprint density at radius 1 is 1.80 bits per heavy atom. The molecule has 0 N–H and O–H groups in total. The largest absolute Gasteiger partial charge is 0.509 e. The number of hydrogen-bond acceptors (Lipinski definition) is 5. The molecule has 0 aromatic rings. The van der Waals surface area contributed by atoms with Crippen LogP contribution < -0.4 is 0 Å². The summed E-state index contributed by atoms with van der Waals surface area (Å²) in [6.45, 7) is -0.0501. The van der Waals surface area contributed by atoms with Gasteiger partial charge >= 0.3 is 12.1 Å². The van der Waals surface area contributed by atoms with Gasteiger partial charge in [0.2, 0.25) is 6.10 Å². The van der Waals surface area contributed by atoms with Crippen molar-refractivity contribution in [3.63, 3.8) is 0 Å². The summed E-state index contributed by atoms with van der Waals surface area (Å²) < 4.78 is 13.0. The first-order valence-corrected chi connectivity index (χ1v) is 2.65. The Labute approximate surface area is 56.9 Å². The van der Waals surface area contributed by atoms with E-state index >= 15 is 0 Å². The molecule has 0 spiro atoms. The van der Waals surface area contributed by atoms with Crippen LogP contribution in [0.15, 0.2) is 0 Å². The van der Waals surface area contributed by atoms with E-state index in [1.165, 1.54) is 7.11 Å². The maximum Gasteiger partial charge on any atom is 0.509 e. The molecule has 1 aliphatic heterocycles. The van der Waals surface area contributed by atoms with Gasteiger partial charge in [-0.25, -0.2) is 9.59 Å². The molecule has 5 heteroatoms. The fraction of sp³-hybridized carbons (Fsp3) is 0.600. The summed E-state index contributed by atoms with van der Waals surface area (Å²) >= 11 is 0. The average Bonchev–Trinajstić information content (AvgIpc) is 2.34. The summed E-state index contributed by atoms with van der Waals surface area (Å²) in [4.78, 5) is 20.8. The molecule has 1 rings (SSSR count). The van der Waals surface area contributed by atoms with E-state index < -0.39 is 18.2 Å². The molecular formula is C5H6O5. The van der Waals surface area contributed by atoms with E-state index in [9.17, 15) is 9.59 Å². The Hall–Kier alpha value is -1.26. The Balaban J connectivity index is 2.44.